The number of rotatable bonds is 3. The van der Waals surface area contributed by atoms with Gasteiger partial charge in [-0.05, 0) is 13.3 Å². The second-order valence-electron chi connectivity index (χ2n) is 3.45. The zero-order valence-corrected chi connectivity index (χ0v) is 8.18. The summed E-state index contributed by atoms with van der Waals surface area (Å²) in [5.74, 6) is 0. The fourth-order valence-electron chi connectivity index (χ4n) is 1.63. The first-order valence-electron chi connectivity index (χ1n) is 4.30. The molecule has 1 heterocycles. The van der Waals surface area contributed by atoms with E-state index >= 15 is 0 Å². The predicted molar refractivity (Wildman–Crippen MR) is 53.1 cm³/mol. The van der Waals surface area contributed by atoms with Crippen molar-refractivity contribution in [2.45, 2.75) is 31.9 Å². The zero-order valence-electron chi connectivity index (χ0n) is 7.36. The van der Waals surface area contributed by atoms with Crippen LogP contribution in [0.15, 0.2) is 0 Å². The standard InChI is InChI=1S/C8H16N2OS/c1-6-4-7(11)5-10(6)3-2-8(9)12/h6-7,11H,2-5H2,1H3,(H2,9,12). The van der Waals surface area contributed by atoms with Crippen LogP contribution in [0.4, 0.5) is 0 Å². The molecular formula is C8H16N2OS. The van der Waals surface area contributed by atoms with Gasteiger partial charge in [0.25, 0.3) is 0 Å². The highest BCUT2D eigenvalue weighted by molar-refractivity contribution is 7.80. The summed E-state index contributed by atoms with van der Waals surface area (Å²) in [5, 5.41) is 9.33. The number of nitrogens with two attached hydrogens (primary N) is 1. The molecular weight excluding hydrogens is 172 g/mol. The molecule has 70 valence electrons. The molecule has 3 N–H and O–H groups in total. The van der Waals surface area contributed by atoms with Crippen LogP contribution in [0.2, 0.25) is 0 Å². The Labute approximate surface area is 78.5 Å². The first-order chi connectivity index (χ1) is 5.59. The van der Waals surface area contributed by atoms with Gasteiger partial charge in [-0.25, -0.2) is 0 Å². The number of likely N-dealkylation sites (tertiary alicyclic amines) is 1. The van der Waals surface area contributed by atoms with Gasteiger partial charge in [-0.3, -0.25) is 4.90 Å². The molecule has 0 radical (unpaired) electrons. The monoisotopic (exact) mass is 188 g/mol. The van der Waals surface area contributed by atoms with Gasteiger partial charge < -0.3 is 10.8 Å². The number of aliphatic hydroxyl groups is 1. The summed E-state index contributed by atoms with van der Waals surface area (Å²) in [6, 6.07) is 0.467. The highest BCUT2D eigenvalue weighted by Crippen LogP contribution is 2.16. The van der Waals surface area contributed by atoms with Crippen LogP contribution in [-0.4, -0.2) is 40.2 Å². The molecule has 1 saturated heterocycles. The average molecular weight is 188 g/mol. The molecule has 1 fully saturated rings. The molecule has 0 spiro atoms. The lowest BCUT2D eigenvalue weighted by molar-refractivity contribution is 0.176. The third kappa shape index (κ3) is 2.69. The molecule has 0 aromatic rings. The van der Waals surface area contributed by atoms with Crippen molar-refractivity contribution in [1.82, 2.24) is 4.90 Å². The van der Waals surface area contributed by atoms with Gasteiger partial charge >= 0.3 is 0 Å². The number of hydrogen-bond acceptors (Lipinski definition) is 3. The van der Waals surface area contributed by atoms with Gasteiger partial charge in [-0.1, -0.05) is 12.2 Å². The van der Waals surface area contributed by atoms with Crippen molar-refractivity contribution in [2.24, 2.45) is 5.73 Å². The van der Waals surface area contributed by atoms with E-state index in [1.807, 2.05) is 0 Å². The molecule has 1 aliphatic heterocycles. The Kier molecular flexibility index (Phi) is 3.43. The number of thiocarbonyl (C=S) groups is 1. The van der Waals surface area contributed by atoms with Crippen molar-refractivity contribution in [1.29, 1.82) is 0 Å². The first-order valence-corrected chi connectivity index (χ1v) is 4.71. The molecule has 2 unspecified atom stereocenters. The van der Waals surface area contributed by atoms with Gasteiger partial charge in [0, 0.05) is 25.6 Å². The van der Waals surface area contributed by atoms with E-state index in [1.54, 1.807) is 0 Å². The Morgan fingerprint density at radius 3 is 2.83 bits per heavy atom. The molecule has 12 heavy (non-hydrogen) atoms. The lowest BCUT2D eigenvalue weighted by Crippen LogP contribution is -2.30. The van der Waals surface area contributed by atoms with Crippen LogP contribution in [-0.2, 0) is 0 Å². The summed E-state index contributed by atoms with van der Waals surface area (Å²) >= 11 is 4.79. The highest BCUT2D eigenvalue weighted by Gasteiger charge is 2.26. The van der Waals surface area contributed by atoms with E-state index in [1.165, 1.54) is 0 Å². The summed E-state index contributed by atoms with van der Waals surface area (Å²) in [6.45, 7) is 3.77. The van der Waals surface area contributed by atoms with Gasteiger partial charge in [-0.15, -0.1) is 0 Å². The van der Waals surface area contributed by atoms with Gasteiger partial charge in [-0.2, -0.15) is 0 Å². The number of β-amino-alcohol motifs (C(OH)–C–C–N with tert-alkyl or cyclic N) is 1. The minimum atomic E-state index is -0.161. The normalized spacial score (nSPS) is 30.8. The Morgan fingerprint density at radius 2 is 2.42 bits per heavy atom. The SMILES string of the molecule is CC1CC(O)CN1CCC(N)=S. The molecule has 0 aromatic heterocycles. The van der Waals surface area contributed by atoms with E-state index in [0.29, 0.717) is 11.0 Å². The Morgan fingerprint density at radius 1 is 1.75 bits per heavy atom. The van der Waals surface area contributed by atoms with E-state index in [4.69, 9.17) is 18.0 Å². The number of aliphatic hydroxyl groups excluding tert-OH is 1. The first kappa shape index (κ1) is 9.89. The number of nitrogens with zero attached hydrogens (tertiary/aromatic N) is 1. The van der Waals surface area contributed by atoms with Crippen molar-refractivity contribution < 1.29 is 5.11 Å². The summed E-state index contributed by atoms with van der Waals surface area (Å²) in [4.78, 5) is 2.78. The maximum atomic E-state index is 9.33. The molecule has 0 amide bonds. The smallest absolute Gasteiger partial charge is 0.0740 e. The van der Waals surface area contributed by atoms with E-state index in [-0.39, 0.29) is 6.10 Å². The van der Waals surface area contributed by atoms with Crippen LogP contribution in [0.5, 0.6) is 0 Å². The Bertz CT molecular complexity index is 174. The van der Waals surface area contributed by atoms with Crippen molar-refractivity contribution in [3.05, 3.63) is 0 Å². The van der Waals surface area contributed by atoms with Crippen molar-refractivity contribution in [3.63, 3.8) is 0 Å². The average Bonchev–Trinajstić information content (AvgIpc) is 2.26. The molecule has 1 aliphatic rings. The van der Waals surface area contributed by atoms with Gasteiger partial charge in [0.1, 0.15) is 0 Å². The second-order valence-corrected chi connectivity index (χ2v) is 3.97. The fraction of sp³-hybridized carbons (Fsp3) is 0.875. The quantitative estimate of drug-likeness (QED) is 0.618. The van der Waals surface area contributed by atoms with E-state index in [2.05, 4.69) is 11.8 Å². The second kappa shape index (κ2) is 4.16. The zero-order chi connectivity index (χ0) is 9.14. The van der Waals surface area contributed by atoms with E-state index in [9.17, 15) is 5.11 Å². The maximum Gasteiger partial charge on any atom is 0.0740 e. The summed E-state index contributed by atoms with van der Waals surface area (Å²) < 4.78 is 0. The highest BCUT2D eigenvalue weighted by atomic mass is 32.1. The molecule has 1 rings (SSSR count). The van der Waals surface area contributed by atoms with E-state index in [0.717, 1.165) is 25.9 Å². The van der Waals surface area contributed by atoms with E-state index < -0.39 is 0 Å². The van der Waals surface area contributed by atoms with Gasteiger partial charge in [0.05, 0.1) is 11.1 Å². The topological polar surface area (TPSA) is 49.5 Å². The van der Waals surface area contributed by atoms with Crippen LogP contribution in [0.1, 0.15) is 19.8 Å². The lowest BCUT2D eigenvalue weighted by Gasteiger charge is -2.19. The molecule has 3 nitrogen and oxygen atoms in total. The molecule has 2 atom stereocenters. The van der Waals surface area contributed by atoms with Gasteiger partial charge in [0.15, 0.2) is 0 Å². The van der Waals surface area contributed by atoms with Crippen LogP contribution in [0.3, 0.4) is 0 Å². The predicted octanol–water partition coefficient (Wildman–Crippen LogP) is 0.118. The minimum absolute atomic E-state index is 0.161. The summed E-state index contributed by atoms with van der Waals surface area (Å²) in [7, 11) is 0. The molecule has 0 aromatic carbocycles. The minimum Gasteiger partial charge on any atom is -0.393 e. The van der Waals surface area contributed by atoms with Crippen LogP contribution < -0.4 is 5.73 Å². The van der Waals surface area contributed by atoms with Crippen LogP contribution in [0.25, 0.3) is 0 Å². The third-order valence-corrected chi connectivity index (χ3v) is 2.53. The van der Waals surface area contributed by atoms with Crippen molar-refractivity contribution >= 4 is 17.2 Å². The molecule has 0 saturated carbocycles. The maximum absolute atomic E-state index is 9.33. The lowest BCUT2D eigenvalue weighted by atomic mass is 10.2. The number of hydrogen-bond donors (Lipinski definition) is 2. The van der Waals surface area contributed by atoms with Crippen LogP contribution in [0, 0.1) is 0 Å². The van der Waals surface area contributed by atoms with Crippen LogP contribution >= 0.6 is 12.2 Å². The largest absolute Gasteiger partial charge is 0.393 e. The Hall–Kier alpha value is -0.190. The van der Waals surface area contributed by atoms with Gasteiger partial charge in [0.2, 0.25) is 0 Å². The Balaban J connectivity index is 2.28. The molecule has 0 bridgehead atoms. The van der Waals surface area contributed by atoms with Crippen molar-refractivity contribution in [3.8, 4) is 0 Å². The fourth-order valence-corrected chi connectivity index (χ4v) is 1.72. The molecule has 0 aliphatic carbocycles. The summed E-state index contributed by atoms with van der Waals surface area (Å²) in [6.07, 6.45) is 1.47. The third-order valence-electron chi connectivity index (χ3n) is 2.33. The summed E-state index contributed by atoms with van der Waals surface area (Å²) in [5.41, 5.74) is 5.39. The van der Waals surface area contributed by atoms with Crippen molar-refractivity contribution in [2.75, 3.05) is 13.1 Å². The molecule has 4 heteroatoms.